The molecule has 0 saturated carbocycles. The lowest BCUT2D eigenvalue weighted by Crippen LogP contribution is -2.41. The zero-order valence-electron chi connectivity index (χ0n) is 15.4. The second-order valence-electron chi connectivity index (χ2n) is 7.11. The van der Waals surface area contributed by atoms with Crippen LogP contribution in [-0.2, 0) is 17.8 Å². The van der Waals surface area contributed by atoms with Crippen LogP contribution in [0.25, 0.3) is 10.9 Å². The molecule has 6 heteroatoms. The summed E-state index contributed by atoms with van der Waals surface area (Å²) < 4.78 is 2.00. The lowest BCUT2D eigenvalue weighted by molar-refractivity contribution is -0.119. The fourth-order valence-corrected chi connectivity index (χ4v) is 3.70. The molecule has 3 aromatic rings. The molecule has 0 unspecified atom stereocenters. The summed E-state index contributed by atoms with van der Waals surface area (Å²) in [6, 6.07) is 8.46. The smallest absolute Gasteiger partial charge is 0.239 e. The lowest BCUT2D eigenvalue weighted by atomic mass is 10.1. The quantitative estimate of drug-likeness (QED) is 0.742. The van der Waals surface area contributed by atoms with Crippen LogP contribution in [0.15, 0.2) is 30.5 Å². The zero-order valence-corrected chi connectivity index (χ0v) is 15.4. The van der Waals surface area contributed by atoms with Crippen molar-refractivity contribution in [2.45, 2.75) is 33.2 Å². The number of nitrogens with one attached hydrogen (secondary N) is 2. The number of aromatic nitrogens is 3. The van der Waals surface area contributed by atoms with Gasteiger partial charge in [0.05, 0.1) is 12.2 Å². The Morgan fingerprint density at radius 2 is 2.15 bits per heavy atom. The van der Waals surface area contributed by atoms with Crippen LogP contribution < -0.4 is 10.2 Å². The van der Waals surface area contributed by atoms with Crippen molar-refractivity contribution in [3.05, 3.63) is 47.3 Å². The molecule has 0 radical (unpaired) electrons. The molecule has 1 aliphatic rings. The lowest BCUT2D eigenvalue weighted by Gasteiger charge is -2.28. The molecule has 0 aliphatic carbocycles. The van der Waals surface area contributed by atoms with Crippen molar-refractivity contribution < 1.29 is 4.79 Å². The van der Waals surface area contributed by atoms with Crippen molar-refractivity contribution in [2.24, 2.45) is 0 Å². The van der Waals surface area contributed by atoms with Gasteiger partial charge >= 0.3 is 0 Å². The largest absolute Gasteiger partial charge is 0.361 e. The van der Waals surface area contributed by atoms with Gasteiger partial charge in [0.2, 0.25) is 5.91 Å². The molecule has 0 bridgehead atoms. The van der Waals surface area contributed by atoms with Crippen molar-refractivity contribution in [3.8, 4) is 0 Å². The molecule has 4 rings (SSSR count). The van der Waals surface area contributed by atoms with Crippen LogP contribution in [0, 0.1) is 13.8 Å². The van der Waals surface area contributed by atoms with Crippen molar-refractivity contribution in [1.82, 2.24) is 20.1 Å². The number of anilines is 1. The van der Waals surface area contributed by atoms with Gasteiger partial charge in [-0.25, -0.2) is 4.68 Å². The molecule has 2 aromatic heterocycles. The van der Waals surface area contributed by atoms with Crippen LogP contribution >= 0.6 is 0 Å². The van der Waals surface area contributed by atoms with Gasteiger partial charge in [-0.3, -0.25) is 4.79 Å². The number of carbonyl (C=O) groups is 1. The molecule has 0 spiro atoms. The normalized spacial score (nSPS) is 13.8. The van der Waals surface area contributed by atoms with Gasteiger partial charge in [-0.1, -0.05) is 11.6 Å². The monoisotopic (exact) mass is 351 g/mol. The average Bonchev–Trinajstić information content (AvgIpc) is 3.18. The fraction of sp³-hybridized carbons (Fsp3) is 0.400. The first kappa shape index (κ1) is 16.7. The summed E-state index contributed by atoms with van der Waals surface area (Å²) in [6.45, 7) is 6.96. The first-order valence-corrected chi connectivity index (χ1v) is 9.23. The summed E-state index contributed by atoms with van der Waals surface area (Å²) in [5.74, 6) is 1.12. The predicted octanol–water partition coefficient (Wildman–Crippen LogP) is 2.55. The Morgan fingerprint density at radius 1 is 1.27 bits per heavy atom. The van der Waals surface area contributed by atoms with Gasteiger partial charge in [0.1, 0.15) is 5.82 Å². The second-order valence-corrected chi connectivity index (χ2v) is 7.11. The van der Waals surface area contributed by atoms with Gasteiger partial charge < -0.3 is 15.2 Å². The Kier molecular flexibility index (Phi) is 4.41. The van der Waals surface area contributed by atoms with Gasteiger partial charge in [0.15, 0.2) is 0 Å². The van der Waals surface area contributed by atoms with E-state index in [1.807, 2.05) is 17.8 Å². The number of aromatic amines is 1. The van der Waals surface area contributed by atoms with Crippen molar-refractivity contribution in [2.75, 3.05) is 24.5 Å². The summed E-state index contributed by atoms with van der Waals surface area (Å²) in [7, 11) is 0. The van der Waals surface area contributed by atoms with Gasteiger partial charge in [0.25, 0.3) is 0 Å². The van der Waals surface area contributed by atoms with E-state index in [4.69, 9.17) is 0 Å². The molecule has 0 fully saturated rings. The van der Waals surface area contributed by atoms with Crippen LogP contribution in [0.3, 0.4) is 0 Å². The molecular weight excluding hydrogens is 326 g/mol. The number of H-pyrrole nitrogens is 1. The highest BCUT2D eigenvalue weighted by atomic mass is 16.2. The molecule has 26 heavy (non-hydrogen) atoms. The van der Waals surface area contributed by atoms with E-state index >= 15 is 0 Å². The minimum Gasteiger partial charge on any atom is -0.361 e. The maximum Gasteiger partial charge on any atom is 0.239 e. The zero-order chi connectivity index (χ0) is 18.1. The van der Waals surface area contributed by atoms with E-state index in [-0.39, 0.29) is 5.91 Å². The first-order chi connectivity index (χ1) is 12.6. The number of benzene rings is 1. The summed E-state index contributed by atoms with van der Waals surface area (Å²) in [6.07, 6.45) is 3.89. The highest BCUT2D eigenvalue weighted by molar-refractivity contribution is 5.84. The summed E-state index contributed by atoms with van der Waals surface area (Å²) in [5.41, 5.74) is 4.64. The van der Waals surface area contributed by atoms with E-state index in [0.717, 1.165) is 43.0 Å². The molecule has 1 amide bonds. The number of aryl methyl sites for hydroxylation is 3. The third-order valence-electron chi connectivity index (χ3n) is 4.98. The van der Waals surface area contributed by atoms with Crippen LogP contribution in [0.4, 0.5) is 5.82 Å². The van der Waals surface area contributed by atoms with Crippen LogP contribution in [0.1, 0.15) is 23.2 Å². The Hall–Kier alpha value is -2.76. The molecule has 1 aliphatic heterocycles. The third-order valence-corrected chi connectivity index (χ3v) is 4.98. The van der Waals surface area contributed by atoms with E-state index in [1.54, 1.807) is 0 Å². The summed E-state index contributed by atoms with van der Waals surface area (Å²) in [4.78, 5) is 17.8. The fourth-order valence-electron chi connectivity index (χ4n) is 3.70. The number of carbonyl (C=O) groups excluding carboxylic acids is 1. The highest BCUT2D eigenvalue weighted by Crippen LogP contribution is 2.21. The van der Waals surface area contributed by atoms with Gasteiger partial charge in [-0.05, 0) is 44.4 Å². The maximum atomic E-state index is 12.4. The third kappa shape index (κ3) is 3.31. The highest BCUT2D eigenvalue weighted by Gasteiger charge is 2.20. The van der Waals surface area contributed by atoms with Crippen molar-refractivity contribution in [3.63, 3.8) is 0 Å². The molecule has 136 valence electrons. The number of hydrogen-bond acceptors (Lipinski definition) is 3. The minimum absolute atomic E-state index is 0.0633. The Morgan fingerprint density at radius 3 is 3.04 bits per heavy atom. The van der Waals surface area contributed by atoms with Gasteiger partial charge in [-0.15, -0.1) is 0 Å². The summed E-state index contributed by atoms with van der Waals surface area (Å²) in [5, 5.41) is 8.79. The standard InChI is InChI=1S/C20H25N5O/c1-14-4-5-18-17(10-14)16(12-22-18)6-7-21-19(26)13-24-8-3-9-25-20(24)11-15(2)23-25/h4-5,10-12,22H,3,6-9,13H2,1-2H3,(H,21,26). The summed E-state index contributed by atoms with van der Waals surface area (Å²) >= 11 is 0. The van der Waals surface area contributed by atoms with E-state index in [9.17, 15) is 4.79 Å². The molecular formula is C20H25N5O. The molecule has 6 nitrogen and oxygen atoms in total. The van der Waals surface area contributed by atoms with Crippen molar-refractivity contribution >= 4 is 22.6 Å². The molecule has 0 atom stereocenters. The number of amides is 1. The second kappa shape index (κ2) is 6.86. The number of fused-ring (bicyclic) bond motifs is 2. The predicted molar refractivity (Wildman–Crippen MR) is 104 cm³/mol. The van der Waals surface area contributed by atoms with E-state index in [0.29, 0.717) is 13.1 Å². The Balaban J connectivity index is 1.34. The topological polar surface area (TPSA) is 66.0 Å². The van der Waals surface area contributed by atoms with Gasteiger partial charge in [-0.2, -0.15) is 5.10 Å². The molecule has 1 aromatic carbocycles. The van der Waals surface area contributed by atoms with Crippen LogP contribution in [0.2, 0.25) is 0 Å². The number of nitrogens with zero attached hydrogens (tertiary/aromatic N) is 3. The first-order valence-electron chi connectivity index (χ1n) is 9.23. The van der Waals surface area contributed by atoms with E-state index in [2.05, 4.69) is 51.5 Å². The Labute approximate surface area is 153 Å². The van der Waals surface area contributed by atoms with E-state index in [1.165, 1.54) is 16.5 Å². The number of rotatable bonds is 5. The Bertz CT molecular complexity index is 939. The van der Waals surface area contributed by atoms with Crippen LogP contribution in [0.5, 0.6) is 0 Å². The molecule has 2 N–H and O–H groups in total. The van der Waals surface area contributed by atoms with Crippen LogP contribution in [-0.4, -0.2) is 40.3 Å². The average molecular weight is 351 g/mol. The maximum absolute atomic E-state index is 12.4. The van der Waals surface area contributed by atoms with Crippen molar-refractivity contribution in [1.29, 1.82) is 0 Å². The van der Waals surface area contributed by atoms with Gasteiger partial charge in [0, 0.05) is 42.8 Å². The SMILES string of the molecule is Cc1ccc2[nH]cc(CCNC(=O)CN3CCCn4nc(C)cc43)c2c1. The number of hydrogen-bond donors (Lipinski definition) is 2. The van der Waals surface area contributed by atoms with E-state index < -0.39 is 0 Å². The molecule has 0 saturated heterocycles. The molecule has 3 heterocycles. The minimum atomic E-state index is 0.0633.